The predicted octanol–water partition coefficient (Wildman–Crippen LogP) is 2.31. The predicted molar refractivity (Wildman–Crippen MR) is 82.6 cm³/mol. The van der Waals surface area contributed by atoms with Crippen molar-refractivity contribution >= 4 is 0 Å². The van der Waals surface area contributed by atoms with Crippen molar-refractivity contribution in [3.05, 3.63) is 59.7 Å². The summed E-state index contributed by atoms with van der Waals surface area (Å²) < 4.78 is 10.7. The first-order valence-electron chi connectivity index (χ1n) is 6.85. The maximum absolute atomic E-state index is 10.4. The molecule has 21 heavy (non-hydrogen) atoms. The Kier molecular flexibility index (Phi) is 5.20. The minimum atomic E-state index is -0.724. The summed E-state index contributed by atoms with van der Waals surface area (Å²) in [5, 5.41) is 10.4. The summed E-state index contributed by atoms with van der Waals surface area (Å²) in [6.07, 6.45) is -0.249. The molecule has 3 N–H and O–H groups in total. The fourth-order valence-corrected chi connectivity index (χ4v) is 2.38. The summed E-state index contributed by atoms with van der Waals surface area (Å²) in [6.45, 7) is 0. The van der Waals surface area contributed by atoms with Crippen LogP contribution in [0.4, 0.5) is 0 Å². The Balaban J connectivity index is 2.24. The van der Waals surface area contributed by atoms with Gasteiger partial charge in [-0.1, -0.05) is 36.4 Å². The van der Waals surface area contributed by atoms with Crippen molar-refractivity contribution < 1.29 is 14.6 Å². The zero-order chi connectivity index (χ0) is 15.2. The van der Waals surface area contributed by atoms with Gasteiger partial charge < -0.3 is 20.3 Å². The molecular weight excluding hydrogens is 266 g/mol. The van der Waals surface area contributed by atoms with E-state index < -0.39 is 12.1 Å². The first-order chi connectivity index (χ1) is 10.2. The third-order valence-corrected chi connectivity index (χ3v) is 3.50. The number of methoxy groups -OCH3 is 2. The minimum absolute atomic E-state index is 0.475. The standard InChI is InChI=1S/C17H21NO3/c1-20-14-9-6-10-15(21-2)16(14)17(18)13(19)11-12-7-4-3-5-8-12/h3-10,13,17,19H,11,18H2,1-2H3/t13-,17-/m0/s1. The van der Waals surface area contributed by atoms with Gasteiger partial charge in [-0.3, -0.25) is 0 Å². The highest BCUT2D eigenvalue weighted by Crippen LogP contribution is 2.34. The molecule has 0 aromatic heterocycles. The van der Waals surface area contributed by atoms with Gasteiger partial charge in [0.25, 0.3) is 0 Å². The lowest BCUT2D eigenvalue weighted by Gasteiger charge is -2.23. The third kappa shape index (κ3) is 3.54. The second-order valence-corrected chi connectivity index (χ2v) is 4.86. The monoisotopic (exact) mass is 287 g/mol. The average molecular weight is 287 g/mol. The molecule has 0 radical (unpaired) electrons. The summed E-state index contributed by atoms with van der Waals surface area (Å²) in [5.41, 5.74) is 7.95. The second-order valence-electron chi connectivity index (χ2n) is 4.86. The normalized spacial score (nSPS) is 13.5. The van der Waals surface area contributed by atoms with Crippen LogP contribution in [0, 0.1) is 0 Å². The van der Waals surface area contributed by atoms with Crippen molar-refractivity contribution in [2.45, 2.75) is 18.6 Å². The average Bonchev–Trinajstić information content (AvgIpc) is 2.54. The molecule has 0 aliphatic rings. The van der Waals surface area contributed by atoms with Crippen LogP contribution < -0.4 is 15.2 Å². The first kappa shape index (κ1) is 15.4. The SMILES string of the molecule is COc1cccc(OC)c1[C@@H](N)[C@@H](O)Cc1ccccc1. The smallest absolute Gasteiger partial charge is 0.127 e. The van der Waals surface area contributed by atoms with E-state index in [-0.39, 0.29) is 0 Å². The maximum Gasteiger partial charge on any atom is 0.127 e. The van der Waals surface area contributed by atoms with E-state index in [1.165, 1.54) is 0 Å². The lowest BCUT2D eigenvalue weighted by atomic mass is 9.95. The van der Waals surface area contributed by atoms with E-state index in [9.17, 15) is 5.11 Å². The number of rotatable bonds is 6. The molecule has 0 spiro atoms. The van der Waals surface area contributed by atoms with Crippen molar-refractivity contribution in [3.63, 3.8) is 0 Å². The largest absolute Gasteiger partial charge is 0.496 e. The lowest BCUT2D eigenvalue weighted by Crippen LogP contribution is -2.29. The van der Waals surface area contributed by atoms with Gasteiger partial charge in [-0.15, -0.1) is 0 Å². The van der Waals surface area contributed by atoms with Crippen LogP contribution in [0.1, 0.15) is 17.2 Å². The zero-order valence-electron chi connectivity index (χ0n) is 12.3. The number of aliphatic hydroxyl groups is 1. The van der Waals surface area contributed by atoms with Gasteiger partial charge >= 0.3 is 0 Å². The number of benzene rings is 2. The topological polar surface area (TPSA) is 64.7 Å². The minimum Gasteiger partial charge on any atom is -0.496 e. The van der Waals surface area contributed by atoms with E-state index in [0.717, 1.165) is 5.56 Å². The van der Waals surface area contributed by atoms with Crippen LogP contribution in [0.25, 0.3) is 0 Å². The van der Waals surface area contributed by atoms with Crippen LogP contribution in [-0.4, -0.2) is 25.4 Å². The van der Waals surface area contributed by atoms with E-state index in [2.05, 4.69) is 0 Å². The molecule has 4 nitrogen and oxygen atoms in total. The number of hydrogen-bond acceptors (Lipinski definition) is 4. The van der Waals surface area contributed by atoms with Gasteiger partial charge in [-0.25, -0.2) is 0 Å². The molecule has 0 amide bonds. The molecule has 0 aliphatic carbocycles. The third-order valence-electron chi connectivity index (χ3n) is 3.50. The van der Waals surface area contributed by atoms with E-state index >= 15 is 0 Å². The van der Waals surface area contributed by atoms with Crippen molar-refractivity contribution in [1.82, 2.24) is 0 Å². The van der Waals surface area contributed by atoms with Crippen molar-refractivity contribution in [2.75, 3.05) is 14.2 Å². The molecule has 2 aromatic carbocycles. The Morgan fingerprint density at radius 2 is 1.52 bits per heavy atom. The van der Waals surface area contributed by atoms with Gasteiger partial charge in [-0.05, 0) is 17.7 Å². The van der Waals surface area contributed by atoms with Gasteiger partial charge in [0, 0.05) is 6.42 Å². The molecule has 0 fully saturated rings. The van der Waals surface area contributed by atoms with Crippen molar-refractivity contribution in [3.8, 4) is 11.5 Å². The summed E-state index contributed by atoms with van der Waals surface area (Å²) in [5.74, 6) is 1.24. The molecule has 2 atom stereocenters. The molecule has 4 heteroatoms. The molecule has 0 heterocycles. The van der Waals surface area contributed by atoms with Crippen LogP contribution in [-0.2, 0) is 6.42 Å². The van der Waals surface area contributed by atoms with Gasteiger partial charge in [0.1, 0.15) is 11.5 Å². The number of ether oxygens (including phenoxy) is 2. The van der Waals surface area contributed by atoms with Gasteiger partial charge in [-0.2, -0.15) is 0 Å². The highest BCUT2D eigenvalue weighted by molar-refractivity contribution is 5.47. The Hall–Kier alpha value is -2.04. The van der Waals surface area contributed by atoms with Crippen molar-refractivity contribution in [1.29, 1.82) is 0 Å². The summed E-state index contributed by atoms with van der Waals surface area (Å²) in [6, 6.07) is 14.6. The van der Waals surface area contributed by atoms with Crippen LogP contribution >= 0.6 is 0 Å². The molecule has 0 saturated heterocycles. The van der Waals surface area contributed by atoms with Crippen molar-refractivity contribution in [2.24, 2.45) is 5.73 Å². The van der Waals surface area contributed by atoms with Crippen LogP contribution in [0.3, 0.4) is 0 Å². The van der Waals surface area contributed by atoms with Gasteiger partial charge in [0.15, 0.2) is 0 Å². The van der Waals surface area contributed by atoms with Crippen LogP contribution in [0.2, 0.25) is 0 Å². The molecule has 0 aliphatic heterocycles. The maximum atomic E-state index is 10.4. The lowest BCUT2D eigenvalue weighted by molar-refractivity contribution is 0.142. The summed E-state index contributed by atoms with van der Waals surface area (Å²) in [4.78, 5) is 0. The van der Waals surface area contributed by atoms with E-state index in [4.69, 9.17) is 15.2 Å². The quantitative estimate of drug-likeness (QED) is 0.855. The van der Waals surface area contributed by atoms with E-state index in [1.807, 2.05) is 48.5 Å². The highest BCUT2D eigenvalue weighted by Gasteiger charge is 2.24. The molecule has 0 unspecified atom stereocenters. The van der Waals surface area contributed by atoms with Crippen LogP contribution in [0.15, 0.2) is 48.5 Å². The number of aliphatic hydroxyl groups excluding tert-OH is 1. The highest BCUT2D eigenvalue weighted by atomic mass is 16.5. The number of nitrogens with two attached hydrogens (primary N) is 1. The Labute approximate surface area is 125 Å². The summed E-state index contributed by atoms with van der Waals surface area (Å²) >= 11 is 0. The fourth-order valence-electron chi connectivity index (χ4n) is 2.38. The van der Waals surface area contributed by atoms with E-state index in [1.54, 1.807) is 14.2 Å². The zero-order valence-corrected chi connectivity index (χ0v) is 12.3. The summed E-state index contributed by atoms with van der Waals surface area (Å²) in [7, 11) is 3.16. The molecular formula is C17H21NO3. The molecule has 0 saturated carbocycles. The van der Waals surface area contributed by atoms with Crippen LogP contribution in [0.5, 0.6) is 11.5 Å². The second kappa shape index (κ2) is 7.11. The number of hydrogen-bond donors (Lipinski definition) is 2. The molecule has 2 rings (SSSR count). The fraction of sp³-hybridized carbons (Fsp3) is 0.294. The molecule has 0 bridgehead atoms. The van der Waals surface area contributed by atoms with Gasteiger partial charge in [0.2, 0.25) is 0 Å². The molecule has 112 valence electrons. The van der Waals surface area contributed by atoms with Gasteiger partial charge in [0.05, 0.1) is 31.9 Å². The Bertz CT molecular complexity index is 549. The Morgan fingerprint density at radius 3 is 2.05 bits per heavy atom. The van der Waals surface area contributed by atoms with E-state index in [0.29, 0.717) is 23.5 Å². The Morgan fingerprint density at radius 1 is 0.952 bits per heavy atom. The first-order valence-corrected chi connectivity index (χ1v) is 6.85. The molecule has 2 aromatic rings.